The van der Waals surface area contributed by atoms with Crippen LogP contribution in [0.5, 0.6) is 0 Å². The van der Waals surface area contributed by atoms with Crippen LogP contribution < -0.4 is 0 Å². The number of alkyl halides is 1. The summed E-state index contributed by atoms with van der Waals surface area (Å²) in [5.74, 6) is -0.440. The summed E-state index contributed by atoms with van der Waals surface area (Å²) in [6.45, 7) is 3.96. The molecule has 0 heterocycles. The van der Waals surface area contributed by atoms with Gasteiger partial charge in [0, 0.05) is 16.3 Å². The number of carbonyl (C=O) groups excluding carboxylic acids is 1. The molecule has 0 spiro atoms. The summed E-state index contributed by atoms with van der Waals surface area (Å²) < 4.78 is 4.90. The standard InChI is InChI=1S/C10H18BrN3O2/c1-3-16-10(15)8(2)7-9(13-14-12)5-4-6-11/h8-9H,3-7H2,1-2H3. The number of ether oxygens (including phenoxy) is 1. The number of azide groups is 1. The molecule has 0 radical (unpaired) electrons. The predicted octanol–water partition coefficient (Wildman–Crippen LogP) is 3.43. The zero-order chi connectivity index (χ0) is 12.4. The van der Waals surface area contributed by atoms with Crippen LogP contribution >= 0.6 is 15.9 Å². The minimum atomic E-state index is -0.223. The Morgan fingerprint density at radius 3 is 2.81 bits per heavy atom. The molecule has 0 fully saturated rings. The lowest BCUT2D eigenvalue weighted by atomic mass is 9.99. The molecule has 0 rings (SSSR count). The minimum absolute atomic E-state index is 0.123. The lowest BCUT2D eigenvalue weighted by Gasteiger charge is -2.15. The van der Waals surface area contributed by atoms with Crippen molar-refractivity contribution in [2.24, 2.45) is 11.0 Å². The second-order valence-corrected chi connectivity index (χ2v) is 4.37. The Morgan fingerprint density at radius 1 is 1.62 bits per heavy atom. The normalized spacial score (nSPS) is 13.7. The fourth-order valence-electron chi connectivity index (χ4n) is 1.40. The second kappa shape index (κ2) is 9.48. The first-order chi connectivity index (χ1) is 7.65. The van der Waals surface area contributed by atoms with E-state index in [1.165, 1.54) is 0 Å². The van der Waals surface area contributed by atoms with Crippen LogP contribution in [0.1, 0.15) is 33.1 Å². The molecule has 2 unspecified atom stereocenters. The molecular formula is C10H18BrN3O2. The number of hydrogen-bond acceptors (Lipinski definition) is 3. The van der Waals surface area contributed by atoms with Gasteiger partial charge >= 0.3 is 5.97 Å². The van der Waals surface area contributed by atoms with Crippen molar-refractivity contribution < 1.29 is 9.53 Å². The van der Waals surface area contributed by atoms with E-state index in [0.717, 1.165) is 18.2 Å². The number of nitrogens with zero attached hydrogens (tertiary/aromatic N) is 3. The van der Waals surface area contributed by atoms with Crippen molar-refractivity contribution in [1.82, 2.24) is 0 Å². The molecule has 0 aliphatic heterocycles. The SMILES string of the molecule is CCOC(=O)C(C)CC(CCCBr)N=[N+]=[N-]. The quantitative estimate of drug-likeness (QED) is 0.226. The van der Waals surface area contributed by atoms with Crippen LogP contribution in [0, 0.1) is 5.92 Å². The van der Waals surface area contributed by atoms with Crippen molar-refractivity contribution in [3.8, 4) is 0 Å². The van der Waals surface area contributed by atoms with Crippen LogP contribution in [0.3, 0.4) is 0 Å². The van der Waals surface area contributed by atoms with Gasteiger partial charge in [0.05, 0.1) is 12.5 Å². The Morgan fingerprint density at radius 2 is 2.31 bits per heavy atom. The van der Waals surface area contributed by atoms with Crippen LogP contribution in [-0.4, -0.2) is 23.9 Å². The number of halogens is 1. The van der Waals surface area contributed by atoms with Crippen molar-refractivity contribution in [2.45, 2.75) is 39.2 Å². The highest BCUT2D eigenvalue weighted by Crippen LogP contribution is 2.16. The van der Waals surface area contributed by atoms with Gasteiger partial charge in [0.15, 0.2) is 0 Å². The molecule has 0 N–H and O–H groups in total. The fraction of sp³-hybridized carbons (Fsp3) is 0.900. The number of carbonyl (C=O) groups is 1. The van der Waals surface area contributed by atoms with Gasteiger partial charge in [-0.25, -0.2) is 0 Å². The number of esters is 1. The summed E-state index contributed by atoms with van der Waals surface area (Å²) in [6.07, 6.45) is 2.27. The lowest BCUT2D eigenvalue weighted by Crippen LogP contribution is -2.19. The van der Waals surface area contributed by atoms with E-state index in [2.05, 4.69) is 26.0 Å². The molecule has 0 amide bonds. The largest absolute Gasteiger partial charge is 0.466 e. The molecule has 0 aliphatic rings. The van der Waals surface area contributed by atoms with E-state index in [0.29, 0.717) is 13.0 Å². The van der Waals surface area contributed by atoms with E-state index in [1.807, 2.05) is 0 Å². The third kappa shape index (κ3) is 6.69. The van der Waals surface area contributed by atoms with Gasteiger partial charge in [-0.3, -0.25) is 4.79 Å². The van der Waals surface area contributed by atoms with E-state index < -0.39 is 0 Å². The van der Waals surface area contributed by atoms with Gasteiger partial charge in [0.2, 0.25) is 0 Å². The summed E-state index contributed by atoms with van der Waals surface area (Å²) in [4.78, 5) is 14.2. The van der Waals surface area contributed by atoms with Crippen LogP contribution in [0.15, 0.2) is 5.11 Å². The number of rotatable bonds is 8. The second-order valence-electron chi connectivity index (χ2n) is 3.58. The van der Waals surface area contributed by atoms with Gasteiger partial charge in [0.1, 0.15) is 0 Å². The summed E-state index contributed by atoms with van der Waals surface area (Å²) in [5.41, 5.74) is 8.42. The van der Waals surface area contributed by atoms with E-state index in [-0.39, 0.29) is 17.9 Å². The predicted molar refractivity (Wildman–Crippen MR) is 66.4 cm³/mol. The molecule has 0 saturated carbocycles. The van der Waals surface area contributed by atoms with Crippen molar-refractivity contribution in [3.05, 3.63) is 10.4 Å². The Labute approximate surface area is 104 Å². The first-order valence-corrected chi connectivity index (χ1v) is 6.54. The van der Waals surface area contributed by atoms with Crippen LogP contribution in [0.25, 0.3) is 10.4 Å². The number of hydrogen-bond donors (Lipinski definition) is 0. The molecule has 0 aromatic rings. The maximum Gasteiger partial charge on any atom is 0.308 e. The monoisotopic (exact) mass is 291 g/mol. The Balaban J connectivity index is 4.15. The van der Waals surface area contributed by atoms with Gasteiger partial charge in [-0.05, 0) is 31.7 Å². The third-order valence-electron chi connectivity index (χ3n) is 2.20. The summed E-state index contributed by atoms with van der Waals surface area (Å²) >= 11 is 3.32. The summed E-state index contributed by atoms with van der Waals surface area (Å²) in [5, 5.41) is 4.57. The first-order valence-electron chi connectivity index (χ1n) is 5.42. The highest BCUT2D eigenvalue weighted by atomic mass is 79.9. The zero-order valence-corrected chi connectivity index (χ0v) is 11.3. The van der Waals surface area contributed by atoms with Gasteiger partial charge < -0.3 is 4.74 Å². The smallest absolute Gasteiger partial charge is 0.308 e. The molecule has 0 saturated heterocycles. The average molecular weight is 292 g/mol. The fourth-order valence-corrected chi connectivity index (χ4v) is 1.72. The first kappa shape index (κ1) is 15.3. The molecule has 0 aliphatic carbocycles. The molecule has 6 heteroatoms. The highest BCUT2D eigenvalue weighted by Gasteiger charge is 2.18. The third-order valence-corrected chi connectivity index (χ3v) is 2.76. The van der Waals surface area contributed by atoms with Gasteiger partial charge in [0.25, 0.3) is 0 Å². The summed E-state index contributed by atoms with van der Waals surface area (Å²) in [7, 11) is 0. The maximum atomic E-state index is 11.4. The highest BCUT2D eigenvalue weighted by molar-refractivity contribution is 9.09. The lowest BCUT2D eigenvalue weighted by molar-refractivity contribution is -0.147. The van der Waals surface area contributed by atoms with Crippen LogP contribution in [0.4, 0.5) is 0 Å². The van der Waals surface area contributed by atoms with Gasteiger partial charge in [-0.1, -0.05) is 28.0 Å². The minimum Gasteiger partial charge on any atom is -0.466 e. The van der Waals surface area contributed by atoms with Crippen molar-refractivity contribution in [2.75, 3.05) is 11.9 Å². The van der Waals surface area contributed by atoms with Crippen LogP contribution in [-0.2, 0) is 9.53 Å². The van der Waals surface area contributed by atoms with E-state index >= 15 is 0 Å². The Kier molecular flexibility index (Phi) is 9.04. The molecule has 0 bridgehead atoms. The molecule has 2 atom stereocenters. The van der Waals surface area contributed by atoms with Crippen molar-refractivity contribution >= 4 is 21.9 Å². The van der Waals surface area contributed by atoms with Crippen molar-refractivity contribution in [1.29, 1.82) is 0 Å². The van der Waals surface area contributed by atoms with Crippen LogP contribution in [0.2, 0.25) is 0 Å². The van der Waals surface area contributed by atoms with Gasteiger partial charge in [-0.2, -0.15) is 0 Å². The molecular weight excluding hydrogens is 274 g/mol. The molecule has 0 aromatic heterocycles. The molecule has 16 heavy (non-hydrogen) atoms. The summed E-state index contributed by atoms with van der Waals surface area (Å²) in [6, 6.07) is -0.123. The Bertz CT molecular complexity index is 254. The van der Waals surface area contributed by atoms with E-state index in [1.54, 1.807) is 13.8 Å². The zero-order valence-electron chi connectivity index (χ0n) is 9.73. The maximum absolute atomic E-state index is 11.4. The molecule has 92 valence electrons. The van der Waals surface area contributed by atoms with E-state index in [4.69, 9.17) is 10.3 Å². The molecule has 5 nitrogen and oxygen atoms in total. The average Bonchev–Trinajstić information content (AvgIpc) is 2.26. The van der Waals surface area contributed by atoms with E-state index in [9.17, 15) is 4.79 Å². The Hall–Kier alpha value is -0.740. The topological polar surface area (TPSA) is 75.1 Å². The van der Waals surface area contributed by atoms with Crippen molar-refractivity contribution in [3.63, 3.8) is 0 Å². The van der Waals surface area contributed by atoms with Gasteiger partial charge in [-0.15, -0.1) is 0 Å². The molecule has 0 aromatic carbocycles.